The average Bonchev–Trinajstić information content (AvgIpc) is 2.41. The van der Waals surface area contributed by atoms with Gasteiger partial charge < -0.3 is 16.4 Å². The minimum Gasteiger partial charge on any atom is -0.351 e. The number of hydrogen-bond acceptors (Lipinski definition) is 3. The van der Waals surface area contributed by atoms with Crippen LogP contribution in [0.15, 0.2) is 0 Å². The lowest BCUT2D eigenvalue weighted by atomic mass is 9.67. The molecular weight excluding hydrogens is 238 g/mol. The third-order valence-corrected chi connectivity index (χ3v) is 5.31. The molecule has 0 radical (unpaired) electrons. The lowest BCUT2D eigenvalue weighted by Crippen LogP contribution is -2.57. The van der Waals surface area contributed by atoms with Crippen molar-refractivity contribution in [3.63, 3.8) is 0 Å². The standard InChI is InChI=1S/C15H27N3O/c16-12-8-10-4-3-5-11(9-12)14(10)18-15(19)13-6-1-2-7-17-13/h10-14,17H,1-9,16H2,(H,18,19). The first-order valence-corrected chi connectivity index (χ1v) is 8.03. The summed E-state index contributed by atoms with van der Waals surface area (Å²) in [5.74, 6) is 1.47. The molecule has 3 aliphatic rings. The molecule has 19 heavy (non-hydrogen) atoms. The Labute approximate surface area is 115 Å². The number of hydrogen-bond donors (Lipinski definition) is 3. The molecule has 1 heterocycles. The van der Waals surface area contributed by atoms with Gasteiger partial charge in [0, 0.05) is 12.1 Å². The Kier molecular flexibility index (Phi) is 4.08. The van der Waals surface area contributed by atoms with E-state index in [4.69, 9.17) is 5.73 Å². The van der Waals surface area contributed by atoms with E-state index in [-0.39, 0.29) is 11.9 Å². The summed E-state index contributed by atoms with van der Waals surface area (Å²) in [7, 11) is 0. The molecule has 2 bridgehead atoms. The van der Waals surface area contributed by atoms with Gasteiger partial charge in [-0.2, -0.15) is 0 Å². The molecule has 3 unspecified atom stereocenters. The molecule has 1 aliphatic heterocycles. The number of piperidine rings is 1. The van der Waals surface area contributed by atoms with Crippen LogP contribution < -0.4 is 16.4 Å². The van der Waals surface area contributed by atoms with Crippen molar-refractivity contribution in [2.45, 2.75) is 69.5 Å². The van der Waals surface area contributed by atoms with Gasteiger partial charge in [-0.25, -0.2) is 0 Å². The van der Waals surface area contributed by atoms with E-state index in [0.717, 1.165) is 25.8 Å². The van der Waals surface area contributed by atoms with Crippen LogP contribution in [0.2, 0.25) is 0 Å². The number of rotatable bonds is 2. The smallest absolute Gasteiger partial charge is 0.237 e. The summed E-state index contributed by atoms with van der Waals surface area (Å²) in [6.45, 7) is 0.987. The maximum Gasteiger partial charge on any atom is 0.237 e. The highest BCUT2D eigenvalue weighted by atomic mass is 16.2. The van der Waals surface area contributed by atoms with E-state index < -0.39 is 0 Å². The molecular formula is C15H27N3O. The number of carbonyl (C=O) groups excluding carboxylic acids is 1. The second kappa shape index (κ2) is 5.80. The van der Waals surface area contributed by atoms with Crippen LogP contribution in [0.1, 0.15) is 51.4 Å². The normalized spacial score (nSPS) is 42.7. The number of nitrogens with two attached hydrogens (primary N) is 1. The SMILES string of the molecule is NC1CC2CCCC(C1)C2NC(=O)C1CCCCN1. The highest BCUT2D eigenvalue weighted by Gasteiger charge is 2.40. The molecule has 3 atom stereocenters. The van der Waals surface area contributed by atoms with E-state index in [1.165, 1.54) is 32.1 Å². The predicted octanol–water partition coefficient (Wildman–Crippen LogP) is 1.15. The maximum absolute atomic E-state index is 12.4. The lowest BCUT2D eigenvalue weighted by molar-refractivity contribution is -0.126. The number of amides is 1. The Morgan fingerprint density at radius 3 is 2.42 bits per heavy atom. The Hall–Kier alpha value is -0.610. The van der Waals surface area contributed by atoms with E-state index in [2.05, 4.69) is 10.6 Å². The second-order valence-electron chi connectivity index (χ2n) is 6.72. The molecule has 3 rings (SSSR count). The first kappa shape index (κ1) is 13.4. The van der Waals surface area contributed by atoms with Crippen molar-refractivity contribution in [2.24, 2.45) is 17.6 Å². The molecule has 4 nitrogen and oxygen atoms in total. The zero-order chi connectivity index (χ0) is 13.2. The van der Waals surface area contributed by atoms with Gasteiger partial charge in [-0.05, 0) is 56.9 Å². The fourth-order valence-electron chi connectivity index (χ4n) is 4.37. The van der Waals surface area contributed by atoms with Crippen LogP contribution in [0.5, 0.6) is 0 Å². The molecule has 2 saturated carbocycles. The fourth-order valence-corrected chi connectivity index (χ4v) is 4.37. The maximum atomic E-state index is 12.4. The van der Waals surface area contributed by atoms with Crippen molar-refractivity contribution in [1.29, 1.82) is 0 Å². The van der Waals surface area contributed by atoms with Gasteiger partial charge in [0.15, 0.2) is 0 Å². The van der Waals surface area contributed by atoms with Crippen molar-refractivity contribution in [2.75, 3.05) is 6.54 Å². The summed E-state index contributed by atoms with van der Waals surface area (Å²) in [6.07, 6.45) is 9.36. The van der Waals surface area contributed by atoms with Gasteiger partial charge in [0.2, 0.25) is 5.91 Å². The van der Waals surface area contributed by atoms with Crippen molar-refractivity contribution in [3.8, 4) is 0 Å². The molecule has 4 heteroatoms. The molecule has 1 amide bonds. The molecule has 4 N–H and O–H groups in total. The zero-order valence-corrected chi connectivity index (χ0v) is 11.7. The average molecular weight is 265 g/mol. The molecule has 108 valence electrons. The first-order valence-electron chi connectivity index (χ1n) is 8.03. The van der Waals surface area contributed by atoms with Gasteiger partial charge in [0.25, 0.3) is 0 Å². The second-order valence-corrected chi connectivity index (χ2v) is 6.72. The van der Waals surface area contributed by atoms with E-state index >= 15 is 0 Å². The highest BCUT2D eigenvalue weighted by molar-refractivity contribution is 5.82. The third-order valence-electron chi connectivity index (χ3n) is 5.31. The molecule has 1 saturated heterocycles. The van der Waals surface area contributed by atoms with Gasteiger partial charge >= 0.3 is 0 Å². The van der Waals surface area contributed by atoms with Gasteiger partial charge in [-0.15, -0.1) is 0 Å². The third kappa shape index (κ3) is 2.95. The molecule has 2 aliphatic carbocycles. The summed E-state index contributed by atoms with van der Waals surface area (Å²) in [4.78, 5) is 12.4. The van der Waals surface area contributed by atoms with E-state index in [9.17, 15) is 4.79 Å². The Balaban J connectivity index is 1.60. The molecule has 0 spiro atoms. The number of nitrogens with one attached hydrogen (secondary N) is 2. The van der Waals surface area contributed by atoms with Crippen LogP contribution in [0, 0.1) is 11.8 Å². The molecule has 0 aromatic heterocycles. The Bertz CT molecular complexity index is 313. The minimum absolute atomic E-state index is 0.0464. The topological polar surface area (TPSA) is 67.1 Å². The van der Waals surface area contributed by atoms with Crippen molar-refractivity contribution < 1.29 is 4.79 Å². The van der Waals surface area contributed by atoms with Crippen LogP contribution in [0.3, 0.4) is 0 Å². The van der Waals surface area contributed by atoms with Gasteiger partial charge in [0.05, 0.1) is 6.04 Å². The summed E-state index contributed by atoms with van der Waals surface area (Å²) in [5.41, 5.74) is 6.14. The zero-order valence-electron chi connectivity index (χ0n) is 11.7. The van der Waals surface area contributed by atoms with Crippen LogP contribution in [0.25, 0.3) is 0 Å². The van der Waals surface area contributed by atoms with Gasteiger partial charge in [-0.1, -0.05) is 12.8 Å². The van der Waals surface area contributed by atoms with Crippen molar-refractivity contribution in [1.82, 2.24) is 10.6 Å². The largest absolute Gasteiger partial charge is 0.351 e. The summed E-state index contributed by atoms with van der Waals surface area (Å²) < 4.78 is 0. The van der Waals surface area contributed by atoms with Crippen LogP contribution in [-0.2, 0) is 4.79 Å². The Morgan fingerprint density at radius 2 is 1.79 bits per heavy atom. The van der Waals surface area contributed by atoms with Crippen LogP contribution >= 0.6 is 0 Å². The Morgan fingerprint density at radius 1 is 1.05 bits per heavy atom. The van der Waals surface area contributed by atoms with Crippen LogP contribution in [-0.4, -0.2) is 30.6 Å². The van der Waals surface area contributed by atoms with Gasteiger partial charge in [-0.3, -0.25) is 4.79 Å². The van der Waals surface area contributed by atoms with E-state index in [0.29, 0.717) is 23.9 Å². The van der Waals surface area contributed by atoms with Gasteiger partial charge in [0.1, 0.15) is 0 Å². The molecule has 0 aromatic carbocycles. The minimum atomic E-state index is 0.0464. The van der Waals surface area contributed by atoms with E-state index in [1.54, 1.807) is 0 Å². The van der Waals surface area contributed by atoms with Crippen molar-refractivity contribution >= 4 is 5.91 Å². The fraction of sp³-hybridized carbons (Fsp3) is 0.933. The molecule has 3 fully saturated rings. The summed E-state index contributed by atoms with van der Waals surface area (Å²) in [6, 6.07) is 0.797. The quantitative estimate of drug-likeness (QED) is 0.701. The molecule has 0 aromatic rings. The number of fused-ring (bicyclic) bond motifs is 2. The summed E-state index contributed by atoms with van der Waals surface area (Å²) >= 11 is 0. The lowest BCUT2D eigenvalue weighted by Gasteiger charge is -2.45. The van der Waals surface area contributed by atoms with Crippen molar-refractivity contribution in [3.05, 3.63) is 0 Å². The highest BCUT2D eigenvalue weighted by Crippen LogP contribution is 2.39. The van der Waals surface area contributed by atoms with Crippen LogP contribution in [0.4, 0.5) is 0 Å². The summed E-state index contributed by atoms with van der Waals surface area (Å²) in [5, 5.41) is 6.70. The van der Waals surface area contributed by atoms with E-state index in [1.807, 2.05) is 0 Å². The number of carbonyl (C=O) groups is 1. The first-order chi connectivity index (χ1) is 9.24. The monoisotopic (exact) mass is 265 g/mol. The predicted molar refractivity (Wildman–Crippen MR) is 75.6 cm³/mol.